The van der Waals surface area contributed by atoms with Crippen molar-refractivity contribution in [1.82, 2.24) is 15.3 Å². The van der Waals surface area contributed by atoms with Crippen LogP contribution in [0.25, 0.3) is 45.2 Å². The van der Waals surface area contributed by atoms with Crippen LogP contribution in [0.3, 0.4) is 0 Å². The molecule has 8 bridgehead atoms. The molecular weight excluding hydrogens is 621 g/mol. The van der Waals surface area contributed by atoms with Crippen LogP contribution in [0.5, 0.6) is 0 Å². The fourth-order valence-electron chi connectivity index (χ4n) is 7.05. The number of hydrogen-bond donors (Lipinski definition) is 1. The van der Waals surface area contributed by atoms with Crippen LogP contribution in [-0.2, 0) is 21.7 Å². The third kappa shape index (κ3) is 6.30. The van der Waals surface area contributed by atoms with E-state index >= 15 is 0 Å². The van der Waals surface area contributed by atoms with Gasteiger partial charge in [-0.15, -0.1) is 0 Å². The minimum Gasteiger partial charge on any atom is -0.353 e. The molecule has 3 aliphatic heterocycles. The number of rotatable bonds is 0. The van der Waals surface area contributed by atoms with Crippen molar-refractivity contribution in [3.63, 3.8) is 0 Å². The number of dihydropyridines is 1. The molecule has 4 heteroatoms. The molecule has 0 radical (unpaired) electrons. The molecule has 1 N–H and O–H groups in total. The van der Waals surface area contributed by atoms with Crippen LogP contribution in [0.2, 0.25) is 0 Å². The Kier molecular flexibility index (Phi) is 7.64. The third-order valence-corrected chi connectivity index (χ3v) is 10.7. The molecule has 0 saturated carbocycles. The van der Waals surface area contributed by atoms with Crippen molar-refractivity contribution < 1.29 is 0 Å². The van der Waals surface area contributed by atoms with Gasteiger partial charge in [0.25, 0.3) is 0 Å². The van der Waals surface area contributed by atoms with E-state index in [2.05, 4.69) is 170 Å². The standard InChI is InChI=1S/C47H56N4/c1-43(2,3)26-16-31-32-17-27(44(4,5)6)19-34-36-21-29(46(10,11)12)23-38(49-36)40-25-30(47(13,14)15)24-39(50-40)37-22-28(45(7,8)9)20-35(48-37)33(18-26)41(31)51-42(32)34/h16-25,48H,1-15H3. The second-order valence-electron chi connectivity index (χ2n) is 20.2. The van der Waals surface area contributed by atoms with Gasteiger partial charge in [-0.25, -0.2) is 15.0 Å². The average Bonchev–Trinajstić information content (AvgIpc) is 3.39. The minimum absolute atomic E-state index is 0.0701. The van der Waals surface area contributed by atoms with Crippen LogP contribution in [0.1, 0.15) is 132 Å². The summed E-state index contributed by atoms with van der Waals surface area (Å²) >= 11 is 0. The van der Waals surface area contributed by atoms with Crippen LogP contribution >= 0.6 is 0 Å². The predicted octanol–water partition coefficient (Wildman–Crippen LogP) is 11.0. The number of pyridine rings is 2. The zero-order valence-corrected chi connectivity index (χ0v) is 33.6. The molecule has 2 aromatic carbocycles. The van der Waals surface area contributed by atoms with Crippen molar-refractivity contribution in [1.29, 1.82) is 0 Å². The van der Waals surface area contributed by atoms with Crippen LogP contribution in [-0.4, -0.2) is 9.97 Å². The maximum atomic E-state index is 5.60. The topological polar surface area (TPSA) is 50.2 Å². The molecule has 0 aliphatic carbocycles. The summed E-state index contributed by atoms with van der Waals surface area (Å²) in [5.41, 5.74) is 15.9. The van der Waals surface area contributed by atoms with Crippen LogP contribution in [0.15, 0.2) is 71.2 Å². The Morgan fingerprint density at radius 2 is 0.882 bits per heavy atom. The summed E-state index contributed by atoms with van der Waals surface area (Å²) < 4.78 is 0. The number of allylic oxidation sites excluding steroid dienone is 2. The molecule has 0 spiro atoms. The molecule has 0 atom stereocenters. The highest BCUT2D eigenvalue weighted by molar-refractivity contribution is 5.92. The van der Waals surface area contributed by atoms with Gasteiger partial charge < -0.3 is 5.32 Å². The van der Waals surface area contributed by atoms with Gasteiger partial charge in [0, 0.05) is 27.6 Å². The number of aromatic nitrogens is 2. The normalized spacial score (nSPS) is 15.5. The molecule has 0 saturated heterocycles. The lowest BCUT2D eigenvalue weighted by molar-refractivity contribution is 0.516. The summed E-state index contributed by atoms with van der Waals surface area (Å²) in [7, 11) is 0. The van der Waals surface area contributed by atoms with Gasteiger partial charge in [0.2, 0.25) is 0 Å². The molecule has 2 aromatic heterocycles. The maximum absolute atomic E-state index is 5.60. The second kappa shape index (κ2) is 11.1. The molecule has 264 valence electrons. The fraction of sp³-hybridized carbons (Fsp3) is 0.426. The predicted molar refractivity (Wildman–Crippen MR) is 216 cm³/mol. The lowest BCUT2D eigenvalue weighted by Gasteiger charge is -2.28. The van der Waals surface area contributed by atoms with Gasteiger partial charge in [-0.3, -0.25) is 0 Å². The summed E-state index contributed by atoms with van der Waals surface area (Å²) in [4.78, 5) is 16.5. The fourth-order valence-corrected chi connectivity index (χ4v) is 7.05. The highest BCUT2D eigenvalue weighted by Crippen LogP contribution is 2.46. The summed E-state index contributed by atoms with van der Waals surface area (Å²) in [5, 5.41) is 6.05. The largest absolute Gasteiger partial charge is 0.353 e. The Labute approximate surface area is 306 Å². The molecule has 0 amide bonds. The second-order valence-corrected chi connectivity index (χ2v) is 20.2. The third-order valence-electron chi connectivity index (χ3n) is 10.7. The first-order valence-electron chi connectivity index (χ1n) is 18.6. The van der Waals surface area contributed by atoms with Gasteiger partial charge in [0.15, 0.2) is 0 Å². The van der Waals surface area contributed by atoms with Crippen molar-refractivity contribution >= 4 is 17.1 Å². The summed E-state index contributed by atoms with van der Waals surface area (Å²) in [6.07, 6.45) is 4.64. The zero-order valence-electron chi connectivity index (χ0n) is 33.6. The van der Waals surface area contributed by atoms with Gasteiger partial charge in [-0.2, -0.15) is 0 Å². The molecule has 0 fully saturated rings. The minimum atomic E-state index is -0.105. The van der Waals surface area contributed by atoms with E-state index < -0.39 is 0 Å². The van der Waals surface area contributed by atoms with E-state index in [9.17, 15) is 0 Å². The number of nitrogens with zero attached hydrogens (tertiary/aromatic N) is 3. The lowest BCUT2D eigenvalue weighted by Crippen LogP contribution is -2.35. The van der Waals surface area contributed by atoms with E-state index in [1.54, 1.807) is 0 Å². The van der Waals surface area contributed by atoms with Crippen LogP contribution < -0.4 is 15.9 Å². The highest BCUT2D eigenvalue weighted by Gasteiger charge is 2.30. The molecule has 0 unspecified atom stereocenters. The summed E-state index contributed by atoms with van der Waals surface area (Å²) in [5.74, 6) is 0. The van der Waals surface area contributed by atoms with E-state index in [1.807, 2.05) is 0 Å². The van der Waals surface area contributed by atoms with E-state index in [0.29, 0.717) is 0 Å². The number of fused-ring (bicyclic) bond motifs is 10. The van der Waals surface area contributed by atoms with E-state index in [1.165, 1.54) is 39.0 Å². The van der Waals surface area contributed by atoms with Crippen LogP contribution in [0, 0.1) is 5.41 Å². The van der Waals surface area contributed by atoms with Gasteiger partial charge in [0.05, 0.1) is 39.5 Å². The van der Waals surface area contributed by atoms with Crippen molar-refractivity contribution in [3.8, 4) is 33.8 Å². The highest BCUT2D eigenvalue weighted by atomic mass is 14.9. The summed E-state index contributed by atoms with van der Waals surface area (Å²) in [6, 6.07) is 18.5. The molecule has 7 rings (SSSR count). The quantitative estimate of drug-likeness (QED) is 0.178. The van der Waals surface area contributed by atoms with Gasteiger partial charge in [-0.05, 0) is 116 Å². The van der Waals surface area contributed by atoms with E-state index in [4.69, 9.17) is 15.0 Å². The number of hydrogen-bond acceptors (Lipinski definition) is 4. The number of benzene rings is 2. The number of nitrogens with one attached hydrogen (secondary N) is 1. The Balaban J connectivity index is 1.74. The Morgan fingerprint density at radius 1 is 0.431 bits per heavy atom. The van der Waals surface area contributed by atoms with Crippen molar-refractivity contribution in [2.24, 2.45) is 10.4 Å². The molecule has 3 aliphatic rings. The van der Waals surface area contributed by atoms with Gasteiger partial charge in [-0.1, -0.05) is 104 Å². The van der Waals surface area contributed by atoms with E-state index in [0.717, 1.165) is 56.0 Å². The van der Waals surface area contributed by atoms with Gasteiger partial charge >= 0.3 is 0 Å². The SMILES string of the molecule is CC(C)(C)C1=CC2=c3cc(C(C)(C)C)cc4c3=Nc3c(cc(C(C)(C)C)cc3-4)-c3cc(C(C)(C)C)cc(n3)-c3cc(C(C)(C)C)cc(n3)C(=C1)N2. The first kappa shape index (κ1) is 35.1. The average molecular weight is 677 g/mol. The van der Waals surface area contributed by atoms with Gasteiger partial charge in [0.1, 0.15) is 0 Å². The monoisotopic (exact) mass is 676 g/mol. The maximum Gasteiger partial charge on any atom is 0.0897 e. The van der Waals surface area contributed by atoms with E-state index in [-0.39, 0.29) is 27.1 Å². The van der Waals surface area contributed by atoms with Crippen molar-refractivity contribution in [2.45, 2.75) is 126 Å². The lowest BCUT2D eigenvalue weighted by atomic mass is 9.81. The molecule has 51 heavy (non-hydrogen) atoms. The first-order valence-corrected chi connectivity index (χ1v) is 18.6. The summed E-state index contributed by atoms with van der Waals surface area (Å²) in [6.45, 7) is 34.4. The van der Waals surface area contributed by atoms with Crippen molar-refractivity contribution in [3.05, 3.63) is 105 Å². The molecular formula is C47H56N4. The molecule has 4 aromatic rings. The zero-order chi connectivity index (χ0) is 37.2. The Morgan fingerprint density at radius 3 is 1.43 bits per heavy atom. The molecule has 4 nitrogen and oxygen atoms in total. The van der Waals surface area contributed by atoms with Crippen LogP contribution in [0.4, 0.5) is 5.69 Å². The smallest absolute Gasteiger partial charge is 0.0897 e. The molecule has 5 heterocycles. The Hall–Kier alpha value is -4.31. The Bertz CT molecular complexity index is 2330. The first-order chi connectivity index (χ1) is 23.4. The van der Waals surface area contributed by atoms with Crippen molar-refractivity contribution in [2.75, 3.05) is 0 Å².